The standard InChI is InChI=1S/C25H34F8O7S/c1-2-3-7-19(34)22(25(31,32)33,40-20(35)21-12-15-9-16(13-21)11-17(10-15)14-21)39-8-5-4-6-18(23(26,27)28)24(29,30)41(36,37)38/h15-18H,2-14H2,1H3,(H,36,37,38). The number of ketones is 1. The highest BCUT2D eigenvalue weighted by atomic mass is 32.2. The van der Waals surface area contributed by atoms with E-state index in [9.17, 15) is 53.1 Å². The van der Waals surface area contributed by atoms with Crippen molar-refractivity contribution in [3.8, 4) is 0 Å². The van der Waals surface area contributed by atoms with Crippen molar-refractivity contribution >= 4 is 21.9 Å². The van der Waals surface area contributed by atoms with Crippen LogP contribution < -0.4 is 0 Å². The average Bonchev–Trinajstić information content (AvgIpc) is 2.80. The molecule has 4 bridgehead atoms. The average molecular weight is 631 g/mol. The van der Waals surface area contributed by atoms with Crippen LogP contribution in [0.15, 0.2) is 0 Å². The Labute approximate surface area is 232 Å². The van der Waals surface area contributed by atoms with E-state index in [2.05, 4.69) is 0 Å². The van der Waals surface area contributed by atoms with Crippen molar-refractivity contribution in [1.29, 1.82) is 0 Å². The van der Waals surface area contributed by atoms with E-state index in [-0.39, 0.29) is 24.2 Å². The first-order chi connectivity index (χ1) is 18.7. The van der Waals surface area contributed by atoms with Crippen LogP contribution in [-0.2, 0) is 29.2 Å². The molecule has 238 valence electrons. The number of carbonyl (C=O) groups excluding carboxylic acids is 2. The SMILES string of the molecule is CCCCC(=O)C(OCCCCC(C(F)(F)F)C(F)(F)S(=O)(=O)O)(OC(=O)C12CC3CC(CC(C3)C1)C2)C(F)(F)F. The van der Waals surface area contributed by atoms with Crippen LogP contribution >= 0.6 is 0 Å². The quantitative estimate of drug-likeness (QED) is 0.0757. The number of unbranched alkanes of at least 4 members (excludes halogenated alkanes) is 2. The van der Waals surface area contributed by atoms with Crippen LogP contribution in [0.4, 0.5) is 35.1 Å². The molecule has 4 aliphatic carbocycles. The molecule has 7 nitrogen and oxygen atoms in total. The van der Waals surface area contributed by atoms with Gasteiger partial charge in [-0.05, 0) is 75.5 Å². The molecule has 0 saturated heterocycles. The lowest BCUT2D eigenvalue weighted by Gasteiger charge is -2.55. The zero-order valence-electron chi connectivity index (χ0n) is 22.3. The molecule has 0 aliphatic heterocycles. The molecular weight excluding hydrogens is 596 g/mol. The minimum Gasteiger partial charge on any atom is -0.416 e. The first kappa shape index (κ1) is 33.9. The third-order valence-electron chi connectivity index (χ3n) is 8.54. The van der Waals surface area contributed by atoms with E-state index < -0.39 is 88.9 Å². The van der Waals surface area contributed by atoms with Crippen LogP contribution in [0.2, 0.25) is 0 Å². The Morgan fingerprint density at radius 1 is 0.902 bits per heavy atom. The number of esters is 1. The van der Waals surface area contributed by atoms with Gasteiger partial charge in [0.05, 0.1) is 12.0 Å². The summed E-state index contributed by atoms with van der Waals surface area (Å²) in [5.74, 6) is -10.3. The van der Waals surface area contributed by atoms with Crippen LogP contribution in [0.3, 0.4) is 0 Å². The predicted molar refractivity (Wildman–Crippen MR) is 126 cm³/mol. The third kappa shape index (κ3) is 7.00. The monoisotopic (exact) mass is 630 g/mol. The van der Waals surface area contributed by atoms with Gasteiger partial charge in [0.2, 0.25) is 5.78 Å². The lowest BCUT2D eigenvalue weighted by molar-refractivity contribution is -0.351. The number of hydrogen-bond donors (Lipinski definition) is 1. The Balaban J connectivity index is 1.78. The number of Topliss-reactive ketones (excluding diaryl/α,β-unsaturated/α-hetero) is 1. The van der Waals surface area contributed by atoms with Gasteiger partial charge in [-0.3, -0.25) is 14.1 Å². The molecule has 0 amide bonds. The molecule has 1 N–H and O–H groups in total. The maximum atomic E-state index is 14.5. The molecular formula is C25H34F8O7S. The highest BCUT2D eigenvalue weighted by Gasteiger charge is 2.67. The topological polar surface area (TPSA) is 107 Å². The first-order valence-electron chi connectivity index (χ1n) is 13.6. The fourth-order valence-electron chi connectivity index (χ4n) is 6.93. The molecule has 4 aliphatic rings. The van der Waals surface area contributed by atoms with Crippen molar-refractivity contribution in [3.63, 3.8) is 0 Å². The molecule has 0 aromatic heterocycles. The highest BCUT2D eigenvalue weighted by Crippen LogP contribution is 2.61. The Hall–Kier alpha value is -1.55. The van der Waals surface area contributed by atoms with E-state index >= 15 is 0 Å². The van der Waals surface area contributed by atoms with Crippen LogP contribution in [0.1, 0.15) is 84.0 Å². The van der Waals surface area contributed by atoms with E-state index in [1.807, 2.05) is 0 Å². The van der Waals surface area contributed by atoms with Gasteiger partial charge in [0, 0.05) is 6.42 Å². The van der Waals surface area contributed by atoms with Crippen LogP contribution in [-0.4, -0.2) is 54.7 Å². The van der Waals surface area contributed by atoms with E-state index in [0.29, 0.717) is 25.7 Å². The summed E-state index contributed by atoms with van der Waals surface area (Å²) in [6.45, 7) is 0.484. The minimum atomic E-state index is -6.46. The van der Waals surface area contributed by atoms with Gasteiger partial charge in [-0.15, -0.1) is 0 Å². The second-order valence-electron chi connectivity index (χ2n) is 11.7. The lowest BCUT2D eigenvalue weighted by Crippen LogP contribution is -2.60. The second-order valence-corrected chi connectivity index (χ2v) is 13.2. The Kier molecular flexibility index (Phi) is 9.81. The van der Waals surface area contributed by atoms with Gasteiger partial charge in [0.15, 0.2) is 0 Å². The van der Waals surface area contributed by atoms with Gasteiger partial charge in [0.25, 0.3) is 0 Å². The molecule has 2 unspecified atom stereocenters. The number of hydrogen-bond acceptors (Lipinski definition) is 6. The summed E-state index contributed by atoms with van der Waals surface area (Å²) in [6, 6.07) is 0. The van der Waals surface area contributed by atoms with Crippen molar-refractivity contribution < 1.29 is 67.2 Å². The van der Waals surface area contributed by atoms with Crippen LogP contribution in [0.25, 0.3) is 0 Å². The van der Waals surface area contributed by atoms with Crippen molar-refractivity contribution in [2.24, 2.45) is 29.1 Å². The van der Waals surface area contributed by atoms with Crippen molar-refractivity contribution in [2.75, 3.05) is 6.61 Å². The second kappa shape index (κ2) is 11.9. The van der Waals surface area contributed by atoms with E-state index in [1.54, 1.807) is 6.92 Å². The molecule has 4 fully saturated rings. The van der Waals surface area contributed by atoms with Gasteiger partial charge in [-0.2, -0.15) is 43.5 Å². The summed E-state index contributed by atoms with van der Waals surface area (Å²) in [5.41, 5.74) is -1.21. The Bertz CT molecular complexity index is 1040. The molecule has 0 aromatic carbocycles. The van der Waals surface area contributed by atoms with Gasteiger partial charge < -0.3 is 9.47 Å². The molecule has 41 heavy (non-hydrogen) atoms. The zero-order valence-corrected chi connectivity index (χ0v) is 23.1. The van der Waals surface area contributed by atoms with Gasteiger partial charge >= 0.3 is 39.5 Å². The smallest absolute Gasteiger partial charge is 0.416 e. The molecule has 0 spiro atoms. The molecule has 16 heteroatoms. The molecule has 0 heterocycles. The van der Waals surface area contributed by atoms with E-state index in [4.69, 9.17) is 14.0 Å². The third-order valence-corrected chi connectivity index (χ3v) is 9.51. The summed E-state index contributed by atoms with van der Waals surface area (Å²) in [7, 11) is -6.46. The maximum absolute atomic E-state index is 14.5. The summed E-state index contributed by atoms with van der Waals surface area (Å²) < 4.78 is 151. The fraction of sp³-hybridized carbons (Fsp3) is 0.920. The number of alkyl halides is 8. The number of ether oxygens (including phenoxy) is 2. The summed E-state index contributed by atoms with van der Waals surface area (Å²) >= 11 is 0. The van der Waals surface area contributed by atoms with E-state index in [1.165, 1.54) is 0 Å². The first-order valence-corrected chi connectivity index (χ1v) is 15.0. The number of halogens is 8. The largest absolute Gasteiger partial charge is 0.463 e. The normalized spacial score (nSPS) is 28.8. The summed E-state index contributed by atoms with van der Waals surface area (Å²) in [4.78, 5) is 26.3. The maximum Gasteiger partial charge on any atom is 0.463 e. The summed E-state index contributed by atoms with van der Waals surface area (Å²) in [5, 5.41) is -5.61. The van der Waals surface area contributed by atoms with Gasteiger partial charge in [0.1, 0.15) is 5.92 Å². The fourth-order valence-corrected chi connectivity index (χ4v) is 7.55. The van der Waals surface area contributed by atoms with Crippen molar-refractivity contribution in [2.45, 2.75) is 107 Å². The minimum absolute atomic E-state index is 0.00703. The summed E-state index contributed by atoms with van der Waals surface area (Å²) in [6.07, 6.45) is -11.5. The lowest BCUT2D eigenvalue weighted by atomic mass is 9.49. The predicted octanol–water partition coefficient (Wildman–Crippen LogP) is 6.61. The number of rotatable bonds is 14. The van der Waals surface area contributed by atoms with Gasteiger partial charge in [-0.25, -0.2) is 0 Å². The highest BCUT2D eigenvalue weighted by molar-refractivity contribution is 7.86. The number of carbonyl (C=O) groups is 2. The molecule has 2 atom stereocenters. The Morgan fingerprint density at radius 3 is 1.83 bits per heavy atom. The Morgan fingerprint density at radius 2 is 1.41 bits per heavy atom. The molecule has 0 aromatic rings. The van der Waals surface area contributed by atoms with Crippen molar-refractivity contribution in [1.82, 2.24) is 0 Å². The molecule has 0 radical (unpaired) electrons. The molecule has 4 rings (SSSR count). The van der Waals surface area contributed by atoms with Crippen molar-refractivity contribution in [3.05, 3.63) is 0 Å². The van der Waals surface area contributed by atoms with Crippen LogP contribution in [0, 0.1) is 29.1 Å². The molecule has 4 saturated carbocycles. The van der Waals surface area contributed by atoms with Gasteiger partial charge in [-0.1, -0.05) is 19.8 Å². The van der Waals surface area contributed by atoms with Crippen LogP contribution in [0.5, 0.6) is 0 Å². The zero-order chi connectivity index (χ0) is 31.1. The van der Waals surface area contributed by atoms with E-state index in [0.717, 1.165) is 19.3 Å².